The highest BCUT2D eigenvalue weighted by Crippen LogP contribution is 2.22. The molecule has 1 N–H and O–H groups in total. The zero-order valence-electron chi connectivity index (χ0n) is 9.80. The van der Waals surface area contributed by atoms with Gasteiger partial charge in [0.1, 0.15) is 0 Å². The number of rotatable bonds is 2. The van der Waals surface area contributed by atoms with Crippen molar-refractivity contribution in [3.63, 3.8) is 0 Å². The number of amides is 1. The fraction of sp³-hybridized carbons (Fsp3) is 0.385. The number of carbonyl (C=O) groups is 2. The molecule has 1 saturated heterocycles. The number of nitrogens with zero attached hydrogens (tertiary/aromatic N) is 1. The molecule has 5 heteroatoms. The molecular formula is C13H14ClNO3. The van der Waals surface area contributed by atoms with Crippen LogP contribution in [0.1, 0.15) is 23.2 Å². The second-order valence-electron chi connectivity index (χ2n) is 4.41. The van der Waals surface area contributed by atoms with E-state index >= 15 is 0 Å². The number of carboxylic acids is 1. The van der Waals surface area contributed by atoms with Crippen molar-refractivity contribution in [2.45, 2.75) is 12.8 Å². The van der Waals surface area contributed by atoms with Gasteiger partial charge < -0.3 is 10.0 Å². The largest absolute Gasteiger partial charge is 0.481 e. The van der Waals surface area contributed by atoms with Crippen molar-refractivity contribution in [2.75, 3.05) is 13.1 Å². The van der Waals surface area contributed by atoms with E-state index in [4.69, 9.17) is 16.7 Å². The lowest BCUT2D eigenvalue weighted by atomic mass is 9.97. The Hall–Kier alpha value is -1.55. The number of carbonyl (C=O) groups excluding carboxylic acids is 1. The van der Waals surface area contributed by atoms with Crippen molar-refractivity contribution in [3.8, 4) is 0 Å². The second kappa shape index (κ2) is 5.40. The van der Waals surface area contributed by atoms with Gasteiger partial charge in [0, 0.05) is 13.1 Å². The van der Waals surface area contributed by atoms with Crippen LogP contribution in [-0.2, 0) is 4.79 Å². The van der Waals surface area contributed by atoms with Crippen molar-refractivity contribution in [2.24, 2.45) is 5.92 Å². The maximum atomic E-state index is 12.2. The quantitative estimate of drug-likeness (QED) is 0.894. The number of carboxylic acid groups (broad SMARTS) is 1. The van der Waals surface area contributed by atoms with Crippen LogP contribution in [0.3, 0.4) is 0 Å². The van der Waals surface area contributed by atoms with E-state index in [1.54, 1.807) is 29.2 Å². The van der Waals surface area contributed by atoms with E-state index in [1.165, 1.54) is 0 Å². The summed E-state index contributed by atoms with van der Waals surface area (Å²) in [5, 5.41) is 9.40. The van der Waals surface area contributed by atoms with Crippen LogP contribution < -0.4 is 0 Å². The number of likely N-dealkylation sites (tertiary alicyclic amines) is 1. The van der Waals surface area contributed by atoms with Crippen molar-refractivity contribution in [1.82, 2.24) is 4.90 Å². The van der Waals surface area contributed by atoms with Gasteiger partial charge in [0.15, 0.2) is 0 Å². The Morgan fingerprint density at radius 3 is 2.72 bits per heavy atom. The van der Waals surface area contributed by atoms with Gasteiger partial charge in [-0.15, -0.1) is 0 Å². The number of hydrogen-bond donors (Lipinski definition) is 1. The van der Waals surface area contributed by atoms with Crippen LogP contribution in [0.4, 0.5) is 0 Å². The van der Waals surface area contributed by atoms with Gasteiger partial charge in [-0.25, -0.2) is 0 Å². The normalized spacial score (nSPS) is 19.6. The highest BCUT2D eigenvalue weighted by atomic mass is 35.5. The molecule has 0 saturated carbocycles. The van der Waals surface area contributed by atoms with Crippen LogP contribution in [0.15, 0.2) is 24.3 Å². The van der Waals surface area contributed by atoms with Crippen molar-refractivity contribution in [1.29, 1.82) is 0 Å². The summed E-state index contributed by atoms with van der Waals surface area (Å²) in [6.45, 7) is 0.854. The Labute approximate surface area is 110 Å². The Kier molecular flexibility index (Phi) is 3.87. The standard InChI is InChI=1S/C13H14ClNO3/c14-11-6-2-1-5-10(11)12(16)15-7-3-4-9(8-15)13(17)18/h1-2,5-6,9H,3-4,7-8H2,(H,17,18). The first-order valence-electron chi connectivity index (χ1n) is 5.86. The molecule has 1 aromatic carbocycles. The monoisotopic (exact) mass is 267 g/mol. The van der Waals surface area contributed by atoms with E-state index in [9.17, 15) is 9.59 Å². The third-order valence-corrected chi connectivity index (χ3v) is 3.49. The minimum Gasteiger partial charge on any atom is -0.481 e. The Balaban J connectivity index is 2.14. The first-order valence-corrected chi connectivity index (χ1v) is 6.24. The first kappa shape index (κ1) is 12.9. The average Bonchev–Trinajstić information content (AvgIpc) is 2.38. The molecule has 0 radical (unpaired) electrons. The van der Waals surface area contributed by atoms with Gasteiger partial charge >= 0.3 is 5.97 Å². The first-order chi connectivity index (χ1) is 8.59. The summed E-state index contributed by atoms with van der Waals surface area (Å²) in [5.74, 6) is -1.50. The summed E-state index contributed by atoms with van der Waals surface area (Å²) in [6.07, 6.45) is 1.34. The lowest BCUT2D eigenvalue weighted by Gasteiger charge is -2.30. The van der Waals surface area contributed by atoms with Crippen LogP contribution >= 0.6 is 11.6 Å². The summed E-state index contributed by atoms with van der Waals surface area (Å²) >= 11 is 5.97. The third kappa shape index (κ3) is 2.64. The smallest absolute Gasteiger partial charge is 0.308 e. The molecule has 96 valence electrons. The van der Waals surface area contributed by atoms with Gasteiger partial charge in [0.25, 0.3) is 5.91 Å². The summed E-state index contributed by atoms with van der Waals surface area (Å²) in [6, 6.07) is 6.83. The molecule has 1 heterocycles. The molecule has 1 amide bonds. The van der Waals surface area contributed by atoms with Crippen LogP contribution in [0.2, 0.25) is 5.02 Å². The van der Waals surface area contributed by atoms with E-state index in [1.807, 2.05) is 0 Å². The zero-order valence-corrected chi connectivity index (χ0v) is 10.6. The van der Waals surface area contributed by atoms with Crippen LogP contribution in [0.5, 0.6) is 0 Å². The molecule has 1 unspecified atom stereocenters. The van der Waals surface area contributed by atoms with Crippen molar-refractivity contribution >= 4 is 23.5 Å². The van der Waals surface area contributed by atoms with Crippen molar-refractivity contribution in [3.05, 3.63) is 34.9 Å². The number of benzene rings is 1. The Morgan fingerprint density at radius 2 is 2.06 bits per heavy atom. The average molecular weight is 268 g/mol. The summed E-state index contributed by atoms with van der Waals surface area (Å²) in [4.78, 5) is 24.8. The molecule has 0 bridgehead atoms. The molecule has 4 nitrogen and oxygen atoms in total. The van der Waals surface area contributed by atoms with E-state index in [0.29, 0.717) is 30.0 Å². The highest BCUT2D eigenvalue weighted by Gasteiger charge is 2.29. The molecule has 2 rings (SSSR count). The van der Waals surface area contributed by atoms with Crippen molar-refractivity contribution < 1.29 is 14.7 Å². The number of hydrogen-bond acceptors (Lipinski definition) is 2. The van der Waals surface area contributed by atoms with E-state index < -0.39 is 11.9 Å². The summed E-state index contributed by atoms with van der Waals surface area (Å²) in [5.41, 5.74) is 0.435. The SMILES string of the molecule is O=C(O)C1CCCN(C(=O)c2ccccc2Cl)C1. The predicted molar refractivity (Wildman–Crippen MR) is 67.7 cm³/mol. The van der Waals surface area contributed by atoms with Gasteiger partial charge in [0.2, 0.25) is 0 Å². The summed E-state index contributed by atoms with van der Waals surface area (Å²) in [7, 11) is 0. The van der Waals surface area contributed by atoms with Crippen LogP contribution in [0.25, 0.3) is 0 Å². The highest BCUT2D eigenvalue weighted by molar-refractivity contribution is 6.33. The molecule has 1 aliphatic rings. The lowest BCUT2D eigenvalue weighted by molar-refractivity contribution is -0.143. The molecule has 0 spiro atoms. The maximum Gasteiger partial charge on any atom is 0.308 e. The number of aliphatic carboxylic acids is 1. The van der Waals surface area contributed by atoms with Gasteiger partial charge in [0.05, 0.1) is 16.5 Å². The number of piperidine rings is 1. The molecule has 0 aromatic heterocycles. The fourth-order valence-corrected chi connectivity index (χ4v) is 2.38. The molecule has 1 aliphatic heterocycles. The predicted octanol–water partition coefficient (Wildman–Crippen LogP) is 2.28. The Bertz CT molecular complexity index is 475. The Morgan fingerprint density at radius 1 is 1.33 bits per heavy atom. The van der Waals surface area contributed by atoms with Gasteiger partial charge in [-0.05, 0) is 25.0 Å². The molecular weight excluding hydrogens is 254 g/mol. The molecule has 18 heavy (non-hydrogen) atoms. The minimum absolute atomic E-state index is 0.188. The molecule has 0 aliphatic carbocycles. The van der Waals surface area contributed by atoms with Gasteiger partial charge in [-0.3, -0.25) is 9.59 Å². The lowest BCUT2D eigenvalue weighted by Crippen LogP contribution is -2.42. The molecule has 1 fully saturated rings. The fourth-order valence-electron chi connectivity index (χ4n) is 2.17. The van der Waals surface area contributed by atoms with E-state index in [0.717, 1.165) is 0 Å². The van der Waals surface area contributed by atoms with E-state index in [2.05, 4.69) is 0 Å². The maximum absolute atomic E-state index is 12.2. The number of halogens is 1. The minimum atomic E-state index is -0.841. The molecule has 1 atom stereocenters. The molecule has 1 aromatic rings. The summed E-state index contributed by atoms with van der Waals surface area (Å²) < 4.78 is 0. The van der Waals surface area contributed by atoms with Crippen LogP contribution in [0, 0.1) is 5.92 Å². The zero-order chi connectivity index (χ0) is 13.1. The van der Waals surface area contributed by atoms with Crippen LogP contribution in [-0.4, -0.2) is 35.0 Å². The second-order valence-corrected chi connectivity index (χ2v) is 4.82. The topological polar surface area (TPSA) is 57.6 Å². The van der Waals surface area contributed by atoms with Gasteiger partial charge in [-0.1, -0.05) is 23.7 Å². The van der Waals surface area contributed by atoms with E-state index in [-0.39, 0.29) is 12.5 Å². The third-order valence-electron chi connectivity index (χ3n) is 3.16. The van der Waals surface area contributed by atoms with Gasteiger partial charge in [-0.2, -0.15) is 0 Å².